The molecule has 1 saturated heterocycles. The number of primary amides is 1. The number of urea groups is 1. The van der Waals surface area contributed by atoms with Crippen molar-refractivity contribution in [1.82, 2.24) is 15.5 Å². The Bertz CT molecular complexity index is 683. The third-order valence-corrected chi connectivity index (χ3v) is 6.66. The zero-order valence-electron chi connectivity index (χ0n) is 17.1. The number of nitrogens with two attached hydrogens (primary N) is 1. The van der Waals surface area contributed by atoms with Crippen molar-refractivity contribution in [3.63, 3.8) is 0 Å². The molecule has 1 aliphatic carbocycles. The number of carbonyl (C=O) groups excluding carboxylic acids is 2. The first-order valence-corrected chi connectivity index (χ1v) is 11.2. The molecule has 3 amide bonds. The van der Waals surface area contributed by atoms with Crippen LogP contribution in [-0.2, 0) is 4.79 Å². The summed E-state index contributed by atoms with van der Waals surface area (Å²) >= 11 is 5.96. The third-order valence-electron chi connectivity index (χ3n) is 6.40. The van der Waals surface area contributed by atoms with Gasteiger partial charge in [0.25, 0.3) is 0 Å². The summed E-state index contributed by atoms with van der Waals surface area (Å²) in [5, 5.41) is 6.47. The Morgan fingerprint density at radius 1 is 1.03 bits per heavy atom. The molecule has 0 bridgehead atoms. The standard InChI is InChI=1S/C22H33ClN4O2/c23-18-9-7-17(8-10-18)19(26-21(24)29)15-20(28)25-16-22(11-3-1-4-12-22)27-13-5-2-6-14-27/h7-10,19H,1-6,11-16H2,(H,25,28)(H3,24,26,29). The number of hydrogen-bond acceptors (Lipinski definition) is 3. The molecule has 160 valence electrons. The van der Waals surface area contributed by atoms with Gasteiger partial charge in [0.05, 0.1) is 12.5 Å². The Kier molecular flexibility index (Phi) is 7.78. The smallest absolute Gasteiger partial charge is 0.312 e. The van der Waals surface area contributed by atoms with Crippen LogP contribution in [0.15, 0.2) is 24.3 Å². The van der Waals surface area contributed by atoms with Gasteiger partial charge in [0.2, 0.25) is 5.91 Å². The van der Waals surface area contributed by atoms with Gasteiger partial charge in [-0.05, 0) is 56.5 Å². The van der Waals surface area contributed by atoms with E-state index >= 15 is 0 Å². The Balaban J connectivity index is 1.63. The molecule has 1 saturated carbocycles. The largest absolute Gasteiger partial charge is 0.354 e. The second-order valence-electron chi connectivity index (χ2n) is 8.43. The maximum Gasteiger partial charge on any atom is 0.312 e. The van der Waals surface area contributed by atoms with Gasteiger partial charge in [-0.1, -0.05) is 49.4 Å². The second kappa shape index (κ2) is 10.3. The number of benzene rings is 1. The maximum absolute atomic E-state index is 12.8. The second-order valence-corrected chi connectivity index (χ2v) is 8.86. The molecule has 3 rings (SSSR count). The molecule has 4 N–H and O–H groups in total. The molecule has 1 atom stereocenters. The van der Waals surface area contributed by atoms with Crippen LogP contribution in [0.5, 0.6) is 0 Å². The van der Waals surface area contributed by atoms with Gasteiger partial charge in [-0.15, -0.1) is 0 Å². The van der Waals surface area contributed by atoms with Crippen LogP contribution < -0.4 is 16.4 Å². The normalized spacial score (nSPS) is 20.6. The summed E-state index contributed by atoms with van der Waals surface area (Å²) in [6.45, 7) is 2.94. The number of amides is 3. The van der Waals surface area contributed by atoms with Crippen LogP contribution in [0.2, 0.25) is 5.02 Å². The van der Waals surface area contributed by atoms with Crippen LogP contribution >= 0.6 is 11.6 Å². The minimum Gasteiger partial charge on any atom is -0.354 e. The number of nitrogens with zero attached hydrogens (tertiary/aromatic N) is 1. The van der Waals surface area contributed by atoms with E-state index in [1.165, 1.54) is 38.5 Å². The minimum atomic E-state index is -0.644. The number of likely N-dealkylation sites (tertiary alicyclic amines) is 1. The van der Waals surface area contributed by atoms with Gasteiger partial charge < -0.3 is 16.4 Å². The van der Waals surface area contributed by atoms with E-state index in [-0.39, 0.29) is 17.9 Å². The van der Waals surface area contributed by atoms with Crippen molar-refractivity contribution < 1.29 is 9.59 Å². The predicted molar refractivity (Wildman–Crippen MR) is 116 cm³/mol. The van der Waals surface area contributed by atoms with Gasteiger partial charge in [-0.2, -0.15) is 0 Å². The van der Waals surface area contributed by atoms with Crippen LogP contribution in [0, 0.1) is 0 Å². The summed E-state index contributed by atoms with van der Waals surface area (Å²) in [7, 11) is 0. The number of rotatable bonds is 7. The van der Waals surface area contributed by atoms with Crippen LogP contribution in [0.4, 0.5) is 4.79 Å². The van der Waals surface area contributed by atoms with Crippen LogP contribution in [-0.4, -0.2) is 42.0 Å². The Morgan fingerprint density at radius 3 is 2.28 bits per heavy atom. The van der Waals surface area contributed by atoms with E-state index in [4.69, 9.17) is 17.3 Å². The zero-order chi connectivity index (χ0) is 20.7. The lowest BCUT2D eigenvalue weighted by atomic mass is 9.79. The quantitative estimate of drug-likeness (QED) is 0.627. The fourth-order valence-corrected chi connectivity index (χ4v) is 4.95. The van der Waals surface area contributed by atoms with Gasteiger partial charge in [-0.3, -0.25) is 9.69 Å². The Hall–Kier alpha value is -1.79. The predicted octanol–water partition coefficient (Wildman–Crippen LogP) is 3.74. The molecule has 1 aromatic rings. The van der Waals surface area contributed by atoms with E-state index in [0.29, 0.717) is 11.6 Å². The summed E-state index contributed by atoms with van der Waals surface area (Å²) in [6.07, 6.45) is 9.98. The molecular formula is C22H33ClN4O2. The molecule has 1 aliphatic heterocycles. The van der Waals surface area contributed by atoms with Gasteiger partial charge in [0.15, 0.2) is 0 Å². The average Bonchev–Trinajstić information content (AvgIpc) is 2.73. The van der Waals surface area contributed by atoms with Gasteiger partial charge in [0, 0.05) is 17.1 Å². The highest BCUT2D eigenvalue weighted by molar-refractivity contribution is 6.30. The van der Waals surface area contributed by atoms with Crippen LogP contribution in [0.3, 0.4) is 0 Å². The maximum atomic E-state index is 12.8. The zero-order valence-corrected chi connectivity index (χ0v) is 17.8. The number of halogens is 1. The van der Waals surface area contributed by atoms with Crippen molar-refractivity contribution in [2.45, 2.75) is 69.4 Å². The first-order valence-electron chi connectivity index (χ1n) is 10.8. The van der Waals surface area contributed by atoms with Crippen LogP contribution in [0.1, 0.15) is 69.4 Å². The SMILES string of the molecule is NC(=O)NC(CC(=O)NCC1(N2CCCCC2)CCCCC1)c1ccc(Cl)cc1. The Labute approximate surface area is 178 Å². The van der Waals surface area contributed by atoms with E-state index < -0.39 is 12.1 Å². The molecule has 6 nitrogen and oxygen atoms in total. The lowest BCUT2D eigenvalue weighted by Gasteiger charge is -2.48. The molecule has 2 aliphatic rings. The summed E-state index contributed by atoms with van der Waals surface area (Å²) in [4.78, 5) is 26.9. The molecule has 1 unspecified atom stereocenters. The van der Waals surface area contributed by atoms with Crippen molar-refractivity contribution in [1.29, 1.82) is 0 Å². The van der Waals surface area contributed by atoms with E-state index in [1.807, 2.05) is 12.1 Å². The molecule has 29 heavy (non-hydrogen) atoms. The molecule has 1 heterocycles. The monoisotopic (exact) mass is 420 g/mol. The molecule has 7 heteroatoms. The van der Waals surface area contributed by atoms with E-state index in [9.17, 15) is 9.59 Å². The molecule has 0 spiro atoms. The van der Waals surface area contributed by atoms with Gasteiger partial charge >= 0.3 is 6.03 Å². The van der Waals surface area contributed by atoms with E-state index in [0.717, 1.165) is 31.5 Å². The summed E-state index contributed by atoms with van der Waals surface area (Å²) in [5.74, 6) is -0.0688. The lowest BCUT2D eigenvalue weighted by Crippen LogP contribution is -2.58. The molecule has 0 aromatic heterocycles. The highest BCUT2D eigenvalue weighted by Crippen LogP contribution is 2.35. The minimum absolute atomic E-state index is 0.0688. The molecular weight excluding hydrogens is 388 g/mol. The van der Waals surface area contributed by atoms with E-state index in [1.54, 1.807) is 12.1 Å². The van der Waals surface area contributed by atoms with Crippen molar-refractivity contribution in [2.24, 2.45) is 5.73 Å². The average molecular weight is 421 g/mol. The highest BCUT2D eigenvalue weighted by Gasteiger charge is 2.38. The summed E-state index contributed by atoms with van der Waals surface area (Å²) < 4.78 is 0. The number of hydrogen-bond donors (Lipinski definition) is 3. The van der Waals surface area contributed by atoms with Crippen molar-refractivity contribution in [3.05, 3.63) is 34.9 Å². The Morgan fingerprint density at radius 2 is 1.66 bits per heavy atom. The number of piperidine rings is 1. The molecule has 2 fully saturated rings. The van der Waals surface area contributed by atoms with Crippen molar-refractivity contribution in [2.75, 3.05) is 19.6 Å². The molecule has 1 aromatic carbocycles. The number of carbonyl (C=O) groups is 2. The van der Waals surface area contributed by atoms with Crippen molar-refractivity contribution >= 4 is 23.5 Å². The van der Waals surface area contributed by atoms with E-state index in [2.05, 4.69) is 15.5 Å². The third kappa shape index (κ3) is 6.09. The van der Waals surface area contributed by atoms with Crippen molar-refractivity contribution in [3.8, 4) is 0 Å². The lowest BCUT2D eigenvalue weighted by molar-refractivity contribution is -0.122. The van der Waals surface area contributed by atoms with Gasteiger partial charge in [0.1, 0.15) is 0 Å². The highest BCUT2D eigenvalue weighted by atomic mass is 35.5. The van der Waals surface area contributed by atoms with Crippen LogP contribution in [0.25, 0.3) is 0 Å². The summed E-state index contributed by atoms with van der Waals surface area (Å²) in [6, 6.07) is 6.01. The number of nitrogens with one attached hydrogen (secondary N) is 2. The fraction of sp³-hybridized carbons (Fsp3) is 0.636. The first kappa shape index (κ1) is 21.9. The topological polar surface area (TPSA) is 87.5 Å². The summed E-state index contributed by atoms with van der Waals surface area (Å²) in [5.41, 5.74) is 6.23. The van der Waals surface area contributed by atoms with Gasteiger partial charge in [-0.25, -0.2) is 4.79 Å². The molecule has 0 radical (unpaired) electrons. The first-order chi connectivity index (χ1) is 14.0. The fourth-order valence-electron chi connectivity index (χ4n) is 4.82.